The average molecular weight is 313 g/mol. The van der Waals surface area contributed by atoms with Crippen molar-refractivity contribution in [1.29, 1.82) is 0 Å². The highest BCUT2D eigenvalue weighted by Gasteiger charge is 2.35. The summed E-state index contributed by atoms with van der Waals surface area (Å²) in [5.41, 5.74) is -0.513. The Morgan fingerprint density at radius 1 is 1.48 bits per heavy atom. The summed E-state index contributed by atoms with van der Waals surface area (Å²) in [6.07, 6.45) is 1.02. The van der Waals surface area contributed by atoms with Gasteiger partial charge in [0.15, 0.2) is 0 Å². The van der Waals surface area contributed by atoms with Crippen molar-refractivity contribution in [3.8, 4) is 0 Å². The molecule has 2 rings (SSSR count). The Labute approximate surface area is 127 Å². The molecule has 1 aliphatic rings. The van der Waals surface area contributed by atoms with E-state index in [1.165, 1.54) is 6.07 Å². The maximum Gasteiger partial charge on any atom is 0.300 e. The Bertz CT molecular complexity index is 591. The molecule has 1 aliphatic heterocycles. The van der Waals surface area contributed by atoms with Crippen molar-refractivity contribution in [3.63, 3.8) is 0 Å². The van der Waals surface area contributed by atoms with Crippen molar-refractivity contribution >= 4 is 23.2 Å². The van der Waals surface area contributed by atoms with E-state index in [9.17, 15) is 14.9 Å². The molecule has 0 bridgehead atoms. The number of carbonyl (C=O) groups excluding carboxylic acids is 1. The van der Waals surface area contributed by atoms with Gasteiger partial charge in [0, 0.05) is 25.2 Å². The van der Waals surface area contributed by atoms with Gasteiger partial charge in [-0.15, -0.1) is 0 Å². The fraction of sp³-hybridized carbons (Fsp3) is 0.538. The summed E-state index contributed by atoms with van der Waals surface area (Å²) < 4.78 is 0. The number of aromatic nitrogens is 1. The van der Waals surface area contributed by atoms with Crippen LogP contribution in [0, 0.1) is 10.1 Å². The number of piperazine rings is 1. The van der Waals surface area contributed by atoms with Crippen molar-refractivity contribution in [2.45, 2.75) is 19.4 Å². The van der Waals surface area contributed by atoms with Crippen LogP contribution in [0.2, 0.25) is 5.15 Å². The third kappa shape index (κ3) is 3.14. The van der Waals surface area contributed by atoms with Crippen LogP contribution in [0.4, 0.5) is 5.69 Å². The lowest BCUT2D eigenvalue weighted by Crippen LogP contribution is -2.58. The molecule has 0 aromatic carbocycles. The van der Waals surface area contributed by atoms with Crippen LogP contribution in [0.3, 0.4) is 0 Å². The van der Waals surface area contributed by atoms with Gasteiger partial charge in [-0.25, -0.2) is 4.98 Å². The van der Waals surface area contributed by atoms with Crippen molar-refractivity contribution in [2.75, 3.05) is 26.7 Å². The molecule has 1 aromatic rings. The summed E-state index contributed by atoms with van der Waals surface area (Å²) in [6, 6.07) is 1.26. The summed E-state index contributed by atoms with van der Waals surface area (Å²) in [7, 11) is 1.99. The number of hydrogen-bond donors (Lipinski definition) is 0. The Hall–Kier alpha value is -1.73. The first-order chi connectivity index (χ1) is 9.72. The van der Waals surface area contributed by atoms with E-state index in [0.717, 1.165) is 6.20 Å². The zero-order chi connectivity index (χ0) is 15.8. The normalized spacial score (nSPS) is 18.6. The topological polar surface area (TPSA) is 79.6 Å². The van der Waals surface area contributed by atoms with Gasteiger partial charge in [0.25, 0.3) is 11.6 Å². The SMILES string of the molecule is CN1CCN(C(=O)c2cc(Cl)ncc2[N+](=O)[O-])CC1(C)C. The maximum absolute atomic E-state index is 12.6. The number of carbonyl (C=O) groups is 1. The molecule has 8 heteroatoms. The second-order valence-corrected chi connectivity index (χ2v) is 6.13. The molecule has 0 saturated carbocycles. The van der Waals surface area contributed by atoms with Crippen LogP contribution in [0.15, 0.2) is 12.3 Å². The second kappa shape index (κ2) is 5.57. The monoisotopic (exact) mass is 312 g/mol. The van der Waals surface area contributed by atoms with E-state index in [2.05, 4.69) is 9.88 Å². The first-order valence-corrected chi connectivity index (χ1v) is 6.90. The third-order valence-corrected chi connectivity index (χ3v) is 4.09. The largest absolute Gasteiger partial charge is 0.335 e. The molecule has 1 saturated heterocycles. The second-order valence-electron chi connectivity index (χ2n) is 5.74. The molecular weight excluding hydrogens is 296 g/mol. The van der Waals surface area contributed by atoms with Crippen LogP contribution in [0.25, 0.3) is 0 Å². The molecule has 2 heterocycles. The summed E-state index contributed by atoms with van der Waals surface area (Å²) in [4.78, 5) is 30.5. The highest BCUT2D eigenvalue weighted by Crippen LogP contribution is 2.25. The lowest BCUT2D eigenvalue weighted by atomic mass is 9.99. The molecule has 0 aliphatic carbocycles. The van der Waals surface area contributed by atoms with Crippen LogP contribution in [0.5, 0.6) is 0 Å². The van der Waals surface area contributed by atoms with E-state index >= 15 is 0 Å². The van der Waals surface area contributed by atoms with Crippen molar-refractivity contribution < 1.29 is 9.72 Å². The van der Waals surface area contributed by atoms with E-state index in [4.69, 9.17) is 11.6 Å². The summed E-state index contributed by atoms with van der Waals surface area (Å²) >= 11 is 5.77. The standard InChI is InChI=1S/C13H17ClN4O3/c1-13(2)8-17(5-4-16(13)3)12(19)9-6-11(14)15-7-10(9)18(20)21/h6-7H,4-5,8H2,1-3H3. The van der Waals surface area contributed by atoms with Crippen LogP contribution < -0.4 is 0 Å². The van der Waals surface area contributed by atoms with E-state index in [1.54, 1.807) is 4.90 Å². The zero-order valence-corrected chi connectivity index (χ0v) is 12.9. The van der Waals surface area contributed by atoms with E-state index < -0.39 is 4.92 Å². The zero-order valence-electron chi connectivity index (χ0n) is 12.2. The van der Waals surface area contributed by atoms with Gasteiger partial charge >= 0.3 is 0 Å². The molecular formula is C13H17ClN4O3. The van der Waals surface area contributed by atoms with Crippen LogP contribution in [0.1, 0.15) is 24.2 Å². The fourth-order valence-electron chi connectivity index (χ4n) is 2.32. The molecule has 0 radical (unpaired) electrons. The van der Waals surface area contributed by atoms with Crippen molar-refractivity contribution in [2.24, 2.45) is 0 Å². The number of rotatable bonds is 2. The van der Waals surface area contributed by atoms with E-state index in [0.29, 0.717) is 19.6 Å². The van der Waals surface area contributed by atoms with Crippen LogP contribution >= 0.6 is 11.6 Å². The number of nitro groups is 1. The summed E-state index contributed by atoms with van der Waals surface area (Å²) in [5.74, 6) is -0.382. The molecule has 0 atom stereocenters. The quantitative estimate of drug-likeness (QED) is 0.473. The molecule has 1 aromatic heterocycles. The predicted molar refractivity (Wildman–Crippen MR) is 78.5 cm³/mol. The highest BCUT2D eigenvalue weighted by molar-refractivity contribution is 6.29. The van der Waals surface area contributed by atoms with Gasteiger partial charge in [-0.1, -0.05) is 11.6 Å². The maximum atomic E-state index is 12.6. The van der Waals surface area contributed by atoms with E-state index in [-0.39, 0.29) is 27.9 Å². The smallest absolute Gasteiger partial charge is 0.300 e. The summed E-state index contributed by atoms with van der Waals surface area (Å²) in [6.45, 7) is 5.79. The number of likely N-dealkylation sites (N-methyl/N-ethyl adjacent to an activating group) is 1. The first-order valence-electron chi connectivity index (χ1n) is 6.53. The number of hydrogen-bond acceptors (Lipinski definition) is 5. The Kier molecular flexibility index (Phi) is 4.15. The minimum Gasteiger partial charge on any atom is -0.335 e. The van der Waals surface area contributed by atoms with Gasteiger partial charge in [-0.3, -0.25) is 19.8 Å². The summed E-state index contributed by atoms with van der Waals surface area (Å²) in [5, 5.41) is 11.1. The molecule has 0 N–H and O–H groups in total. The molecule has 21 heavy (non-hydrogen) atoms. The molecule has 0 unspecified atom stereocenters. The number of pyridine rings is 1. The number of amides is 1. The van der Waals surface area contributed by atoms with Gasteiger partial charge in [-0.2, -0.15) is 0 Å². The average Bonchev–Trinajstić information content (AvgIpc) is 2.40. The highest BCUT2D eigenvalue weighted by atomic mass is 35.5. The third-order valence-electron chi connectivity index (χ3n) is 3.88. The Balaban J connectivity index is 2.32. The van der Waals surface area contributed by atoms with Gasteiger partial charge < -0.3 is 4.90 Å². The lowest BCUT2D eigenvalue weighted by molar-refractivity contribution is -0.385. The molecule has 1 fully saturated rings. The fourth-order valence-corrected chi connectivity index (χ4v) is 2.48. The molecule has 1 amide bonds. The number of halogens is 1. The van der Waals surface area contributed by atoms with Gasteiger partial charge in [0.05, 0.1) is 4.92 Å². The van der Waals surface area contributed by atoms with Crippen LogP contribution in [-0.4, -0.2) is 57.8 Å². The van der Waals surface area contributed by atoms with E-state index in [1.807, 2.05) is 20.9 Å². The molecule has 7 nitrogen and oxygen atoms in total. The number of nitrogens with zero attached hydrogens (tertiary/aromatic N) is 4. The van der Waals surface area contributed by atoms with Gasteiger partial charge in [-0.05, 0) is 27.0 Å². The van der Waals surface area contributed by atoms with Crippen LogP contribution in [-0.2, 0) is 0 Å². The minimum atomic E-state index is -0.613. The predicted octanol–water partition coefficient (Wildman–Crippen LogP) is 1.81. The van der Waals surface area contributed by atoms with Gasteiger partial charge in [0.2, 0.25) is 0 Å². The first kappa shape index (κ1) is 15.7. The van der Waals surface area contributed by atoms with Crippen molar-refractivity contribution in [3.05, 3.63) is 33.1 Å². The molecule has 114 valence electrons. The minimum absolute atomic E-state index is 0.0136. The van der Waals surface area contributed by atoms with Crippen molar-refractivity contribution in [1.82, 2.24) is 14.8 Å². The van der Waals surface area contributed by atoms with Gasteiger partial charge in [0.1, 0.15) is 16.9 Å². The lowest BCUT2D eigenvalue weighted by Gasteiger charge is -2.45. The molecule has 0 spiro atoms. The Morgan fingerprint density at radius 3 is 2.71 bits per heavy atom. The Morgan fingerprint density at radius 2 is 2.14 bits per heavy atom.